The second kappa shape index (κ2) is 6.46. The van der Waals surface area contributed by atoms with Crippen molar-refractivity contribution in [3.05, 3.63) is 34.9 Å². The van der Waals surface area contributed by atoms with Crippen molar-refractivity contribution in [3.63, 3.8) is 0 Å². The Kier molecular flexibility index (Phi) is 5.02. The fourth-order valence-electron chi connectivity index (χ4n) is 2.51. The van der Waals surface area contributed by atoms with Gasteiger partial charge in [-0.05, 0) is 24.1 Å². The van der Waals surface area contributed by atoms with Crippen molar-refractivity contribution in [2.45, 2.75) is 37.5 Å². The molecule has 122 valence electrons. The lowest BCUT2D eigenvalue weighted by molar-refractivity contribution is -0.272. The van der Waals surface area contributed by atoms with Crippen LogP contribution < -0.4 is 0 Å². The number of piperidine rings is 1. The van der Waals surface area contributed by atoms with Crippen LogP contribution in [0.25, 0.3) is 0 Å². The number of nitrogens with zero attached hydrogens (tertiary/aromatic N) is 1. The molecule has 0 bridgehead atoms. The Labute approximate surface area is 131 Å². The minimum atomic E-state index is -4.65. The SMILES string of the molecule is O=C(CCc1cccc(Cl)c1)N1CCC(O)(C(F)(F)F)CC1. The van der Waals surface area contributed by atoms with Gasteiger partial charge in [0.25, 0.3) is 0 Å². The van der Waals surface area contributed by atoms with Crippen molar-refractivity contribution in [3.8, 4) is 0 Å². The summed E-state index contributed by atoms with van der Waals surface area (Å²) in [5.41, 5.74) is -1.76. The van der Waals surface area contributed by atoms with Gasteiger partial charge in [0.2, 0.25) is 5.91 Å². The molecule has 0 atom stereocenters. The second-order valence-electron chi connectivity index (χ2n) is 5.54. The predicted molar refractivity (Wildman–Crippen MR) is 76.6 cm³/mol. The van der Waals surface area contributed by atoms with Gasteiger partial charge in [-0.25, -0.2) is 0 Å². The van der Waals surface area contributed by atoms with Gasteiger partial charge in [0.1, 0.15) is 0 Å². The molecule has 0 saturated carbocycles. The van der Waals surface area contributed by atoms with Gasteiger partial charge in [-0.3, -0.25) is 4.79 Å². The van der Waals surface area contributed by atoms with Crippen molar-refractivity contribution in [2.24, 2.45) is 0 Å². The van der Waals surface area contributed by atoms with Crippen molar-refractivity contribution in [2.75, 3.05) is 13.1 Å². The lowest BCUT2D eigenvalue weighted by Crippen LogP contribution is -2.54. The number of likely N-dealkylation sites (tertiary alicyclic amines) is 1. The van der Waals surface area contributed by atoms with Gasteiger partial charge in [0.15, 0.2) is 5.60 Å². The number of aryl methyl sites for hydroxylation is 1. The molecule has 1 aromatic rings. The molecule has 0 unspecified atom stereocenters. The molecule has 22 heavy (non-hydrogen) atoms. The minimum Gasteiger partial charge on any atom is -0.380 e. The van der Waals surface area contributed by atoms with Crippen LogP contribution in [0.4, 0.5) is 13.2 Å². The molecule has 1 aromatic carbocycles. The summed E-state index contributed by atoms with van der Waals surface area (Å²) in [5, 5.41) is 10.1. The summed E-state index contributed by atoms with van der Waals surface area (Å²) in [4.78, 5) is 13.4. The first-order valence-electron chi connectivity index (χ1n) is 7.03. The molecule has 1 amide bonds. The Balaban J connectivity index is 1.85. The summed E-state index contributed by atoms with van der Waals surface area (Å²) in [6, 6.07) is 7.12. The van der Waals surface area contributed by atoms with E-state index in [1.54, 1.807) is 18.2 Å². The highest BCUT2D eigenvalue weighted by atomic mass is 35.5. The molecular weight excluding hydrogens is 319 g/mol. The third kappa shape index (κ3) is 3.93. The van der Waals surface area contributed by atoms with Crippen molar-refractivity contribution in [1.29, 1.82) is 0 Å². The molecule has 3 nitrogen and oxygen atoms in total. The van der Waals surface area contributed by atoms with Crippen LogP contribution in [-0.4, -0.2) is 40.8 Å². The number of hydrogen-bond acceptors (Lipinski definition) is 2. The normalized spacial score (nSPS) is 18.3. The molecule has 1 fully saturated rings. The average molecular weight is 336 g/mol. The van der Waals surface area contributed by atoms with E-state index in [2.05, 4.69) is 0 Å². The van der Waals surface area contributed by atoms with Crippen molar-refractivity contribution in [1.82, 2.24) is 4.90 Å². The lowest BCUT2D eigenvalue weighted by atomic mass is 9.90. The molecule has 1 aliphatic heterocycles. The molecule has 0 spiro atoms. The first kappa shape index (κ1) is 17.1. The van der Waals surface area contributed by atoms with E-state index < -0.39 is 24.6 Å². The van der Waals surface area contributed by atoms with Crippen LogP contribution in [0.5, 0.6) is 0 Å². The van der Waals surface area contributed by atoms with Crippen LogP contribution in [0.2, 0.25) is 5.02 Å². The van der Waals surface area contributed by atoms with E-state index in [0.717, 1.165) is 5.56 Å². The van der Waals surface area contributed by atoms with Crippen LogP contribution in [-0.2, 0) is 11.2 Å². The van der Waals surface area contributed by atoms with E-state index in [-0.39, 0.29) is 25.4 Å². The maximum atomic E-state index is 12.7. The van der Waals surface area contributed by atoms with E-state index in [1.165, 1.54) is 4.90 Å². The third-order valence-corrected chi connectivity index (χ3v) is 4.22. The standard InChI is InChI=1S/C15H17ClF3NO2/c16-12-3-1-2-11(10-12)4-5-13(21)20-8-6-14(22,7-9-20)15(17,18)19/h1-3,10,22H,4-9H2. The number of aliphatic hydroxyl groups is 1. The summed E-state index contributed by atoms with van der Waals surface area (Å²) >= 11 is 5.85. The molecule has 2 rings (SSSR count). The lowest BCUT2D eigenvalue weighted by Gasteiger charge is -2.39. The molecule has 1 N–H and O–H groups in total. The molecule has 1 saturated heterocycles. The van der Waals surface area contributed by atoms with E-state index >= 15 is 0 Å². The Hall–Kier alpha value is -1.27. The maximum absolute atomic E-state index is 12.7. The number of carbonyl (C=O) groups excluding carboxylic acids is 1. The number of hydrogen-bond donors (Lipinski definition) is 1. The van der Waals surface area contributed by atoms with Gasteiger partial charge in [0.05, 0.1) is 0 Å². The Morgan fingerprint density at radius 1 is 1.32 bits per heavy atom. The van der Waals surface area contributed by atoms with Crippen molar-refractivity contribution < 1.29 is 23.1 Å². The number of benzene rings is 1. The molecule has 7 heteroatoms. The number of alkyl halides is 3. The van der Waals surface area contributed by atoms with Gasteiger partial charge in [0, 0.05) is 37.4 Å². The summed E-state index contributed by atoms with van der Waals surface area (Å²) in [6.45, 7) is -0.158. The van der Waals surface area contributed by atoms with E-state index in [1.807, 2.05) is 6.07 Å². The molecule has 1 aliphatic rings. The van der Waals surface area contributed by atoms with E-state index in [0.29, 0.717) is 11.4 Å². The molecule has 0 radical (unpaired) electrons. The van der Waals surface area contributed by atoms with Gasteiger partial charge in [-0.2, -0.15) is 13.2 Å². The highest BCUT2D eigenvalue weighted by molar-refractivity contribution is 6.30. The maximum Gasteiger partial charge on any atom is 0.417 e. The van der Waals surface area contributed by atoms with Crippen LogP contribution in [0.1, 0.15) is 24.8 Å². The Bertz CT molecular complexity index is 540. The highest BCUT2D eigenvalue weighted by Crippen LogP contribution is 2.38. The summed E-state index contributed by atoms with van der Waals surface area (Å²) in [7, 11) is 0. The quantitative estimate of drug-likeness (QED) is 0.921. The second-order valence-corrected chi connectivity index (χ2v) is 5.98. The fraction of sp³-hybridized carbons (Fsp3) is 0.533. The summed E-state index contributed by atoms with van der Waals surface area (Å²) in [5.74, 6) is -0.204. The smallest absolute Gasteiger partial charge is 0.380 e. The number of carbonyl (C=O) groups is 1. The molecule has 0 aliphatic carbocycles. The first-order chi connectivity index (χ1) is 10.2. The number of rotatable bonds is 3. The zero-order valence-corrected chi connectivity index (χ0v) is 12.6. The van der Waals surface area contributed by atoms with Gasteiger partial charge < -0.3 is 10.0 Å². The molecular formula is C15H17ClF3NO2. The monoisotopic (exact) mass is 335 g/mol. The topological polar surface area (TPSA) is 40.5 Å². The Morgan fingerprint density at radius 3 is 2.50 bits per heavy atom. The third-order valence-electron chi connectivity index (χ3n) is 3.99. The van der Waals surface area contributed by atoms with E-state index in [4.69, 9.17) is 11.6 Å². The van der Waals surface area contributed by atoms with Crippen LogP contribution in [0, 0.1) is 0 Å². The minimum absolute atomic E-state index is 0.0790. The molecule has 0 aromatic heterocycles. The number of halogens is 4. The average Bonchev–Trinajstić information content (AvgIpc) is 2.44. The Morgan fingerprint density at radius 2 is 1.95 bits per heavy atom. The molecule has 1 heterocycles. The highest BCUT2D eigenvalue weighted by Gasteiger charge is 2.54. The number of amides is 1. The van der Waals surface area contributed by atoms with Gasteiger partial charge in [-0.15, -0.1) is 0 Å². The van der Waals surface area contributed by atoms with Gasteiger partial charge >= 0.3 is 6.18 Å². The zero-order chi connectivity index (χ0) is 16.4. The van der Waals surface area contributed by atoms with E-state index in [9.17, 15) is 23.1 Å². The summed E-state index contributed by atoms with van der Waals surface area (Å²) < 4.78 is 38.1. The predicted octanol–water partition coefficient (Wildman–Crippen LogP) is 3.19. The zero-order valence-electron chi connectivity index (χ0n) is 11.9. The van der Waals surface area contributed by atoms with Crippen LogP contribution >= 0.6 is 11.6 Å². The van der Waals surface area contributed by atoms with Gasteiger partial charge in [-0.1, -0.05) is 23.7 Å². The fourth-order valence-corrected chi connectivity index (χ4v) is 2.72. The first-order valence-corrected chi connectivity index (χ1v) is 7.40. The summed E-state index contributed by atoms with van der Waals surface area (Å²) in [6.07, 6.45) is -4.90. The van der Waals surface area contributed by atoms with Crippen LogP contribution in [0.15, 0.2) is 24.3 Å². The van der Waals surface area contributed by atoms with Crippen molar-refractivity contribution >= 4 is 17.5 Å². The van der Waals surface area contributed by atoms with Crippen LogP contribution in [0.3, 0.4) is 0 Å². The largest absolute Gasteiger partial charge is 0.417 e.